The van der Waals surface area contributed by atoms with E-state index in [1.165, 1.54) is 4.68 Å². The Morgan fingerprint density at radius 1 is 1.30 bits per heavy atom. The molecule has 7 nitrogen and oxygen atoms in total. The molecule has 0 spiro atoms. The normalized spacial score (nSPS) is 11.4. The maximum Gasteiger partial charge on any atom is 0.264 e. The quantitative estimate of drug-likeness (QED) is 0.910. The van der Waals surface area contributed by atoms with Crippen molar-refractivity contribution in [2.75, 3.05) is 23.7 Å². The van der Waals surface area contributed by atoms with Crippen LogP contribution in [0.3, 0.4) is 0 Å². The molecule has 0 aliphatic heterocycles. The van der Waals surface area contributed by atoms with Crippen LogP contribution in [0.1, 0.15) is 5.82 Å². The van der Waals surface area contributed by atoms with Gasteiger partial charge in [0, 0.05) is 26.8 Å². The van der Waals surface area contributed by atoms with Crippen LogP contribution in [0, 0.1) is 6.92 Å². The molecule has 0 aliphatic rings. The molecule has 0 aliphatic carbocycles. The number of aromatic nitrogens is 3. The monoisotopic (exact) mass is 295 g/mol. The van der Waals surface area contributed by atoms with Gasteiger partial charge in [-0.3, -0.25) is 0 Å². The second-order valence-corrected chi connectivity index (χ2v) is 6.29. The number of hydrogen-bond acceptors (Lipinski definition) is 5. The summed E-state index contributed by atoms with van der Waals surface area (Å²) in [5.41, 5.74) is 0.807. The summed E-state index contributed by atoms with van der Waals surface area (Å²) in [6.45, 7) is 1.70. The van der Waals surface area contributed by atoms with Crippen molar-refractivity contribution in [2.24, 2.45) is 7.05 Å². The second-order valence-electron chi connectivity index (χ2n) is 4.60. The molecule has 1 aromatic heterocycles. The Labute approximate surface area is 118 Å². The number of aryl methyl sites for hydroxylation is 2. The summed E-state index contributed by atoms with van der Waals surface area (Å²) in [6.07, 6.45) is 0. The molecule has 1 N–H and O–H groups in total. The minimum absolute atomic E-state index is 0.185. The van der Waals surface area contributed by atoms with Crippen LogP contribution in [0.2, 0.25) is 0 Å². The van der Waals surface area contributed by atoms with Gasteiger partial charge in [-0.25, -0.2) is 17.8 Å². The first-order valence-corrected chi connectivity index (χ1v) is 7.46. The summed E-state index contributed by atoms with van der Waals surface area (Å²) < 4.78 is 28.5. The third kappa shape index (κ3) is 2.90. The highest BCUT2D eigenvalue weighted by Gasteiger charge is 2.18. The number of benzene rings is 1. The van der Waals surface area contributed by atoms with E-state index in [0.29, 0.717) is 5.82 Å². The first kappa shape index (κ1) is 14.3. The zero-order chi connectivity index (χ0) is 14.9. The van der Waals surface area contributed by atoms with Crippen LogP contribution in [0.25, 0.3) is 0 Å². The molecule has 0 atom stereocenters. The highest BCUT2D eigenvalue weighted by atomic mass is 32.2. The molecule has 0 fully saturated rings. The highest BCUT2D eigenvalue weighted by molar-refractivity contribution is 7.92. The summed E-state index contributed by atoms with van der Waals surface area (Å²) in [4.78, 5) is 6.05. The minimum atomic E-state index is -3.68. The van der Waals surface area contributed by atoms with Crippen LogP contribution < -0.4 is 9.62 Å². The van der Waals surface area contributed by atoms with Crippen molar-refractivity contribution in [3.05, 3.63) is 30.1 Å². The molecule has 0 saturated heterocycles. The largest absolute Gasteiger partial charge is 0.378 e. The number of sulfonamides is 1. The fourth-order valence-corrected chi connectivity index (χ4v) is 2.78. The third-order valence-corrected chi connectivity index (χ3v) is 4.06. The number of nitrogens with zero attached hydrogens (tertiary/aromatic N) is 4. The smallest absolute Gasteiger partial charge is 0.264 e. The van der Waals surface area contributed by atoms with Gasteiger partial charge in [-0.1, -0.05) is 6.07 Å². The standard InChI is InChI=1S/C12H17N5O2S/c1-9-13-12(17(4)14-9)15-20(18,19)11-7-5-6-10(8-11)16(2)3/h5-8H,1-4H3,(H,13,14,15). The zero-order valence-corrected chi connectivity index (χ0v) is 12.6. The van der Waals surface area contributed by atoms with Crippen molar-refractivity contribution in [1.29, 1.82) is 0 Å². The van der Waals surface area contributed by atoms with Gasteiger partial charge in [-0.2, -0.15) is 10.1 Å². The molecule has 0 amide bonds. The van der Waals surface area contributed by atoms with Gasteiger partial charge in [0.05, 0.1) is 4.90 Å². The molecule has 2 aromatic rings. The third-order valence-electron chi connectivity index (χ3n) is 2.74. The van der Waals surface area contributed by atoms with E-state index in [9.17, 15) is 8.42 Å². The van der Waals surface area contributed by atoms with Gasteiger partial charge in [0.2, 0.25) is 5.95 Å². The van der Waals surface area contributed by atoms with Gasteiger partial charge in [-0.05, 0) is 25.1 Å². The van der Waals surface area contributed by atoms with Crippen molar-refractivity contribution in [3.8, 4) is 0 Å². The van der Waals surface area contributed by atoms with Crippen LogP contribution in [0.5, 0.6) is 0 Å². The van der Waals surface area contributed by atoms with Crippen molar-refractivity contribution in [1.82, 2.24) is 14.8 Å². The molecule has 0 radical (unpaired) electrons. The lowest BCUT2D eigenvalue weighted by molar-refractivity contribution is 0.600. The van der Waals surface area contributed by atoms with Crippen molar-refractivity contribution in [2.45, 2.75) is 11.8 Å². The van der Waals surface area contributed by atoms with Gasteiger partial charge >= 0.3 is 0 Å². The van der Waals surface area contributed by atoms with Gasteiger partial charge in [0.1, 0.15) is 5.82 Å². The summed E-state index contributed by atoms with van der Waals surface area (Å²) >= 11 is 0. The van der Waals surface area contributed by atoms with Gasteiger partial charge < -0.3 is 4.90 Å². The van der Waals surface area contributed by atoms with E-state index in [-0.39, 0.29) is 10.8 Å². The molecule has 0 saturated carbocycles. The van der Waals surface area contributed by atoms with Crippen LogP contribution >= 0.6 is 0 Å². The van der Waals surface area contributed by atoms with E-state index in [1.807, 2.05) is 25.1 Å². The van der Waals surface area contributed by atoms with E-state index in [1.54, 1.807) is 32.2 Å². The molecular formula is C12H17N5O2S. The summed E-state index contributed by atoms with van der Waals surface area (Å²) in [5, 5.41) is 4.01. The van der Waals surface area contributed by atoms with Crippen LogP contribution in [-0.4, -0.2) is 37.3 Å². The average molecular weight is 295 g/mol. The Morgan fingerprint density at radius 3 is 2.55 bits per heavy atom. The lowest BCUT2D eigenvalue weighted by atomic mass is 10.3. The Hall–Kier alpha value is -2.09. The zero-order valence-electron chi connectivity index (χ0n) is 11.8. The number of rotatable bonds is 4. The molecule has 1 heterocycles. The molecule has 8 heteroatoms. The lowest BCUT2D eigenvalue weighted by Gasteiger charge is -2.14. The van der Waals surface area contributed by atoms with Gasteiger partial charge in [-0.15, -0.1) is 0 Å². The Balaban J connectivity index is 2.35. The maximum absolute atomic E-state index is 12.3. The topological polar surface area (TPSA) is 80.1 Å². The maximum atomic E-state index is 12.3. The average Bonchev–Trinajstić information content (AvgIpc) is 2.67. The van der Waals surface area contributed by atoms with E-state index in [2.05, 4.69) is 14.8 Å². The first-order valence-electron chi connectivity index (χ1n) is 5.97. The first-order chi connectivity index (χ1) is 9.29. The number of hydrogen-bond donors (Lipinski definition) is 1. The summed E-state index contributed by atoms with van der Waals surface area (Å²) in [7, 11) is 1.66. The predicted octanol–water partition coefficient (Wildman–Crippen LogP) is 0.990. The van der Waals surface area contributed by atoms with Gasteiger partial charge in [0.15, 0.2) is 0 Å². The van der Waals surface area contributed by atoms with Crippen LogP contribution in [-0.2, 0) is 17.1 Å². The predicted molar refractivity (Wildman–Crippen MR) is 77.3 cm³/mol. The highest BCUT2D eigenvalue weighted by Crippen LogP contribution is 2.19. The molecule has 0 unspecified atom stereocenters. The molecule has 0 bridgehead atoms. The van der Waals surface area contributed by atoms with E-state index in [0.717, 1.165) is 5.69 Å². The molecule has 1 aromatic carbocycles. The molecular weight excluding hydrogens is 278 g/mol. The SMILES string of the molecule is Cc1nc(NS(=O)(=O)c2cccc(N(C)C)c2)n(C)n1. The molecule has 108 valence electrons. The van der Waals surface area contributed by atoms with Crippen molar-refractivity contribution < 1.29 is 8.42 Å². The lowest BCUT2D eigenvalue weighted by Crippen LogP contribution is -2.17. The van der Waals surface area contributed by atoms with Gasteiger partial charge in [0.25, 0.3) is 10.0 Å². The fourth-order valence-electron chi connectivity index (χ4n) is 1.71. The second kappa shape index (κ2) is 5.12. The summed E-state index contributed by atoms with van der Waals surface area (Å²) in [6, 6.07) is 6.68. The van der Waals surface area contributed by atoms with E-state index >= 15 is 0 Å². The molecule has 2 rings (SSSR count). The fraction of sp³-hybridized carbons (Fsp3) is 0.333. The number of nitrogens with one attached hydrogen (secondary N) is 1. The van der Waals surface area contributed by atoms with Crippen LogP contribution in [0.4, 0.5) is 11.6 Å². The van der Waals surface area contributed by atoms with Crippen molar-refractivity contribution >= 4 is 21.7 Å². The Morgan fingerprint density at radius 2 is 2.00 bits per heavy atom. The minimum Gasteiger partial charge on any atom is -0.378 e. The number of anilines is 2. The molecule has 20 heavy (non-hydrogen) atoms. The van der Waals surface area contributed by atoms with Crippen molar-refractivity contribution in [3.63, 3.8) is 0 Å². The van der Waals surface area contributed by atoms with E-state index in [4.69, 9.17) is 0 Å². The van der Waals surface area contributed by atoms with Crippen LogP contribution in [0.15, 0.2) is 29.2 Å². The van der Waals surface area contributed by atoms with E-state index < -0.39 is 10.0 Å². The Bertz CT molecular complexity index is 721. The summed E-state index contributed by atoms with van der Waals surface area (Å²) in [5.74, 6) is 0.699. The Kier molecular flexibility index (Phi) is 3.67.